The van der Waals surface area contributed by atoms with Gasteiger partial charge in [-0.15, -0.1) is 0 Å². The van der Waals surface area contributed by atoms with Crippen molar-refractivity contribution in [3.8, 4) is 0 Å². The van der Waals surface area contributed by atoms with Crippen molar-refractivity contribution in [2.24, 2.45) is 56.2 Å². The van der Waals surface area contributed by atoms with Crippen LogP contribution in [0.5, 0.6) is 0 Å². The minimum Gasteiger partial charge on any atom is -0.481 e. The molecule has 0 aromatic heterocycles. The van der Waals surface area contributed by atoms with Gasteiger partial charge < -0.3 is 79.5 Å². The maximum atomic E-state index is 13.9. The third-order valence-electron chi connectivity index (χ3n) is 19.6. The molecule has 0 bridgehead atoms. The van der Waals surface area contributed by atoms with Crippen LogP contribution in [0.15, 0.2) is 23.3 Å². The molecule has 2 aliphatic heterocycles. The average molecular weight is 1010 g/mol. The molecule has 402 valence electrons. The molecule has 0 amide bonds. The number of aliphatic hydroxyl groups excluding tert-OH is 8. The van der Waals surface area contributed by atoms with Crippen LogP contribution in [0.2, 0.25) is 0 Å². The Kier molecular flexibility index (Phi) is 15.3. The standard InChI is InChI=1S/C51H78O20/c1-11-22(3)41(62)70-38-39(71-42(63)23(4)12-2)51(21-52)25(19-46(38,5)6)24-13-14-27-47(7)17-16-29(49(9,45(64)65)28(47)15-18-48(27,8)50(24,10)36(58)37(51)59)67-44-33(57)34(32(56)35(69-44)40(60)61)68-43-31(55)30(54)26(53)20-66-43/h11,13,23,25-39,43-44,52-59H,12,14-21H2,1-10H3,(H,60,61)(H,64,65)/b22-11-/t23-,25-,26-,27+,28+,29-,30-,31+,32-,33+,34-,35-,36-,37+,38-,39-,43-,44+,47+,48+,49-,50-,51-/m0/s1. The predicted molar refractivity (Wildman–Crippen MR) is 246 cm³/mol. The first-order chi connectivity index (χ1) is 33.0. The average Bonchev–Trinajstić information content (AvgIpc) is 3.31. The van der Waals surface area contributed by atoms with Crippen molar-refractivity contribution in [2.75, 3.05) is 13.2 Å². The quantitative estimate of drug-likeness (QED) is 0.0574. The molecule has 20 heteroatoms. The summed E-state index contributed by atoms with van der Waals surface area (Å²) in [6, 6.07) is 0. The number of carbonyl (C=O) groups is 4. The largest absolute Gasteiger partial charge is 0.481 e. The minimum atomic E-state index is -2.06. The van der Waals surface area contributed by atoms with Crippen molar-refractivity contribution in [2.45, 2.75) is 200 Å². The van der Waals surface area contributed by atoms with Crippen molar-refractivity contribution >= 4 is 23.9 Å². The molecule has 0 aromatic rings. The van der Waals surface area contributed by atoms with Gasteiger partial charge in [0, 0.05) is 16.4 Å². The number of aliphatic carboxylic acids is 2. The number of aliphatic hydroxyl groups is 8. The zero-order chi connectivity index (χ0) is 52.9. The Bertz CT molecular complexity index is 2110. The Balaban J connectivity index is 1.24. The van der Waals surface area contributed by atoms with Gasteiger partial charge in [0.25, 0.3) is 0 Å². The van der Waals surface area contributed by atoms with E-state index in [-0.39, 0.29) is 25.2 Å². The van der Waals surface area contributed by atoms with Gasteiger partial charge in [-0.3, -0.25) is 9.59 Å². The SMILES string of the molecule is C/C=C(/C)C(=O)O[C@H]1[C@H](OC(=O)[C@@H](C)CC)[C@]2(CO)[C@H](O)[C@H](O)[C@]3(C)C(=CC[C@@H]4[C@@]5(C)CC[C@H](O[C@@H]6O[C@H](C(=O)O)[C@@H](O)[C@H](O[C@@H]7OC[C@H](O)[C@H](O)[C@H]7O)[C@H]6O)[C@@](C)(C(=O)O)[C@@H]5CC[C@]43C)[C@@H]2CC1(C)C. The molecular weight excluding hydrogens is 933 g/mol. The molecule has 20 nitrogen and oxygen atoms in total. The van der Waals surface area contributed by atoms with Crippen molar-refractivity contribution in [3.63, 3.8) is 0 Å². The number of esters is 2. The van der Waals surface area contributed by atoms with Crippen LogP contribution >= 0.6 is 0 Å². The zero-order valence-electron chi connectivity index (χ0n) is 42.5. The van der Waals surface area contributed by atoms with Crippen LogP contribution in [-0.4, -0.2) is 174 Å². The molecule has 2 heterocycles. The fourth-order valence-electron chi connectivity index (χ4n) is 14.7. The molecular formula is C51H78O20. The lowest BCUT2D eigenvalue weighted by atomic mass is 9.32. The Hall–Kier alpha value is -3.12. The number of carboxylic acids is 2. The van der Waals surface area contributed by atoms with Crippen molar-refractivity contribution in [1.29, 1.82) is 0 Å². The Morgan fingerprint density at radius 1 is 0.831 bits per heavy atom. The highest BCUT2D eigenvalue weighted by molar-refractivity contribution is 5.88. The number of carbonyl (C=O) groups excluding carboxylic acids is 2. The molecule has 2 saturated heterocycles. The lowest BCUT2D eigenvalue weighted by molar-refractivity contribution is -0.357. The van der Waals surface area contributed by atoms with Crippen LogP contribution in [0.1, 0.15) is 114 Å². The number of carboxylic acid groups (broad SMARTS) is 2. The van der Waals surface area contributed by atoms with Gasteiger partial charge in [-0.25, -0.2) is 9.59 Å². The number of hydrogen-bond acceptors (Lipinski definition) is 18. The summed E-state index contributed by atoms with van der Waals surface area (Å²) in [6.45, 7) is 16.9. The number of allylic oxidation sites excluding steroid dienone is 2. The van der Waals surface area contributed by atoms with Gasteiger partial charge in [-0.2, -0.15) is 0 Å². The second kappa shape index (κ2) is 19.5. The van der Waals surface area contributed by atoms with E-state index in [1.165, 1.54) is 0 Å². The summed E-state index contributed by atoms with van der Waals surface area (Å²) in [5.41, 5.74) is -6.08. The van der Waals surface area contributed by atoms with Crippen LogP contribution in [0, 0.1) is 56.2 Å². The molecule has 10 N–H and O–H groups in total. The van der Waals surface area contributed by atoms with E-state index in [9.17, 15) is 70.2 Å². The van der Waals surface area contributed by atoms with Crippen molar-refractivity contribution in [1.82, 2.24) is 0 Å². The summed E-state index contributed by atoms with van der Waals surface area (Å²) in [6.07, 6.45) is -17.9. The molecule has 7 aliphatic rings. The summed E-state index contributed by atoms with van der Waals surface area (Å²) in [5, 5.41) is 112. The molecule has 23 atom stereocenters. The van der Waals surface area contributed by atoms with Crippen LogP contribution in [0.4, 0.5) is 0 Å². The first-order valence-electron chi connectivity index (χ1n) is 25.2. The molecule has 0 radical (unpaired) electrons. The molecule has 5 aliphatic carbocycles. The minimum absolute atomic E-state index is 0.0637. The molecule has 6 fully saturated rings. The lowest BCUT2D eigenvalue weighted by Gasteiger charge is -2.73. The van der Waals surface area contributed by atoms with Gasteiger partial charge in [-0.1, -0.05) is 66.2 Å². The Morgan fingerprint density at radius 2 is 1.49 bits per heavy atom. The number of rotatable bonds is 12. The van der Waals surface area contributed by atoms with E-state index in [0.29, 0.717) is 31.3 Å². The van der Waals surface area contributed by atoms with Crippen LogP contribution in [-0.2, 0) is 47.6 Å². The number of fused-ring (bicyclic) bond motifs is 7. The molecule has 4 saturated carbocycles. The summed E-state index contributed by atoms with van der Waals surface area (Å²) in [7, 11) is 0. The molecule has 0 aromatic carbocycles. The molecule has 7 rings (SSSR count). The summed E-state index contributed by atoms with van der Waals surface area (Å²) in [4.78, 5) is 53.6. The highest BCUT2D eigenvalue weighted by Gasteiger charge is 2.77. The smallest absolute Gasteiger partial charge is 0.335 e. The fraction of sp³-hybridized carbons (Fsp3) is 0.843. The van der Waals surface area contributed by atoms with E-state index in [2.05, 4.69) is 6.92 Å². The topological polar surface area (TPSA) is 326 Å². The zero-order valence-corrected chi connectivity index (χ0v) is 42.5. The van der Waals surface area contributed by atoms with Gasteiger partial charge in [0.2, 0.25) is 0 Å². The second-order valence-corrected chi connectivity index (χ2v) is 23.4. The first-order valence-corrected chi connectivity index (χ1v) is 25.2. The van der Waals surface area contributed by atoms with Gasteiger partial charge in [0.1, 0.15) is 42.7 Å². The van der Waals surface area contributed by atoms with Crippen molar-refractivity contribution in [3.05, 3.63) is 23.3 Å². The van der Waals surface area contributed by atoms with Crippen LogP contribution < -0.4 is 0 Å². The highest BCUT2D eigenvalue weighted by Crippen LogP contribution is 2.76. The van der Waals surface area contributed by atoms with E-state index in [0.717, 1.165) is 5.57 Å². The first kappa shape index (κ1) is 55.6. The van der Waals surface area contributed by atoms with E-state index in [4.69, 9.17) is 28.4 Å². The van der Waals surface area contributed by atoms with Crippen molar-refractivity contribution < 1.29 is 98.7 Å². The monoisotopic (exact) mass is 1010 g/mol. The fourth-order valence-corrected chi connectivity index (χ4v) is 14.7. The summed E-state index contributed by atoms with van der Waals surface area (Å²) >= 11 is 0. The van der Waals surface area contributed by atoms with Gasteiger partial charge in [0.05, 0.1) is 48.3 Å². The van der Waals surface area contributed by atoms with Crippen LogP contribution in [0.25, 0.3) is 0 Å². The number of hydrogen-bond donors (Lipinski definition) is 10. The number of ether oxygens (including phenoxy) is 6. The predicted octanol–water partition coefficient (Wildman–Crippen LogP) is 1.58. The van der Waals surface area contributed by atoms with Gasteiger partial charge in [0.15, 0.2) is 24.8 Å². The third-order valence-corrected chi connectivity index (χ3v) is 19.6. The van der Waals surface area contributed by atoms with E-state index >= 15 is 0 Å². The molecule has 0 unspecified atom stereocenters. The van der Waals surface area contributed by atoms with E-state index in [1.54, 1.807) is 33.8 Å². The maximum Gasteiger partial charge on any atom is 0.335 e. The van der Waals surface area contributed by atoms with E-state index in [1.807, 2.05) is 40.7 Å². The lowest BCUT2D eigenvalue weighted by Crippen LogP contribution is -2.76. The highest BCUT2D eigenvalue weighted by atomic mass is 16.7. The molecule has 71 heavy (non-hydrogen) atoms. The summed E-state index contributed by atoms with van der Waals surface area (Å²) < 4.78 is 35.5. The third kappa shape index (κ3) is 8.33. The van der Waals surface area contributed by atoms with E-state index < -0.39 is 173 Å². The molecule has 0 spiro atoms. The second-order valence-electron chi connectivity index (χ2n) is 23.4. The van der Waals surface area contributed by atoms with Gasteiger partial charge in [-0.05, 0) is 94.3 Å². The van der Waals surface area contributed by atoms with Crippen LogP contribution in [0.3, 0.4) is 0 Å². The normalized spacial score (nSPS) is 48.8. The maximum absolute atomic E-state index is 13.9. The van der Waals surface area contributed by atoms with Gasteiger partial charge >= 0.3 is 23.9 Å². The Morgan fingerprint density at radius 3 is 2.08 bits per heavy atom. The summed E-state index contributed by atoms with van der Waals surface area (Å²) in [5.74, 6) is -6.38. The Labute approximate surface area is 414 Å².